The van der Waals surface area contributed by atoms with E-state index in [1.54, 1.807) is 0 Å². The third-order valence-corrected chi connectivity index (χ3v) is 4.40. The van der Waals surface area contributed by atoms with E-state index in [0.29, 0.717) is 5.92 Å². The molecule has 0 aliphatic carbocycles. The van der Waals surface area contributed by atoms with E-state index in [2.05, 4.69) is 4.90 Å². The van der Waals surface area contributed by atoms with E-state index < -0.39 is 0 Å². The highest BCUT2D eigenvalue weighted by Crippen LogP contribution is 2.19. The van der Waals surface area contributed by atoms with Gasteiger partial charge in [-0.25, -0.2) is 0 Å². The number of aliphatic hydroxyl groups is 1. The number of rotatable bonds is 3. The number of nitrogens with zero attached hydrogens (tertiary/aromatic N) is 2. The first kappa shape index (κ1) is 13.8. The summed E-state index contributed by atoms with van der Waals surface area (Å²) in [6.07, 6.45) is 5.99. The van der Waals surface area contributed by atoms with Crippen LogP contribution in [0.4, 0.5) is 0 Å². The summed E-state index contributed by atoms with van der Waals surface area (Å²) < 4.78 is 0. The lowest BCUT2D eigenvalue weighted by molar-refractivity contribution is -0.135. The van der Waals surface area contributed by atoms with E-state index in [1.807, 2.05) is 11.8 Å². The first-order chi connectivity index (χ1) is 8.72. The Morgan fingerprint density at radius 2 is 1.89 bits per heavy atom. The Labute approximate surface area is 110 Å². The maximum absolute atomic E-state index is 12.4. The summed E-state index contributed by atoms with van der Waals surface area (Å²) in [5.74, 6) is 0.554. The summed E-state index contributed by atoms with van der Waals surface area (Å²) in [6, 6.07) is 0.0144. The molecule has 4 heteroatoms. The molecule has 0 bridgehead atoms. The van der Waals surface area contributed by atoms with Gasteiger partial charge < -0.3 is 10.0 Å². The first-order valence-corrected chi connectivity index (χ1v) is 7.36. The minimum absolute atomic E-state index is 0.0144. The standard InChI is InChI=1S/C14H26N2O2/c1-12(15-7-4-2-3-5-8-15)14(18)16-9-6-13(10-16)11-17/h12-13,17H,2-11H2,1H3. The van der Waals surface area contributed by atoms with Crippen molar-refractivity contribution < 1.29 is 9.90 Å². The molecular formula is C14H26N2O2. The average molecular weight is 254 g/mol. The fourth-order valence-electron chi connectivity index (χ4n) is 3.08. The van der Waals surface area contributed by atoms with E-state index in [9.17, 15) is 4.79 Å². The maximum Gasteiger partial charge on any atom is 0.239 e. The van der Waals surface area contributed by atoms with Gasteiger partial charge in [-0.15, -0.1) is 0 Å². The quantitative estimate of drug-likeness (QED) is 0.820. The molecule has 1 amide bonds. The van der Waals surface area contributed by atoms with Crippen molar-refractivity contribution in [3.05, 3.63) is 0 Å². The predicted octanol–water partition coefficient (Wildman–Crippen LogP) is 1.09. The number of carbonyl (C=O) groups is 1. The normalized spacial score (nSPS) is 28.1. The van der Waals surface area contributed by atoms with Gasteiger partial charge in [0.25, 0.3) is 0 Å². The highest BCUT2D eigenvalue weighted by atomic mass is 16.3. The largest absolute Gasteiger partial charge is 0.396 e. The molecule has 18 heavy (non-hydrogen) atoms. The van der Waals surface area contributed by atoms with E-state index >= 15 is 0 Å². The van der Waals surface area contributed by atoms with Crippen LogP contribution in [0.1, 0.15) is 39.0 Å². The fraction of sp³-hybridized carbons (Fsp3) is 0.929. The van der Waals surface area contributed by atoms with Crippen LogP contribution < -0.4 is 0 Å². The second-order valence-electron chi connectivity index (χ2n) is 5.75. The van der Waals surface area contributed by atoms with Gasteiger partial charge in [0, 0.05) is 25.6 Å². The Morgan fingerprint density at radius 3 is 2.44 bits per heavy atom. The third-order valence-electron chi connectivity index (χ3n) is 4.40. The van der Waals surface area contributed by atoms with Crippen molar-refractivity contribution in [1.29, 1.82) is 0 Å². The van der Waals surface area contributed by atoms with Gasteiger partial charge in [-0.2, -0.15) is 0 Å². The number of hydrogen-bond acceptors (Lipinski definition) is 3. The molecule has 2 rings (SSSR count). The summed E-state index contributed by atoms with van der Waals surface area (Å²) in [4.78, 5) is 16.7. The Bertz CT molecular complexity index is 275. The van der Waals surface area contributed by atoms with Gasteiger partial charge in [-0.05, 0) is 39.3 Å². The van der Waals surface area contributed by atoms with Gasteiger partial charge in [-0.3, -0.25) is 9.69 Å². The van der Waals surface area contributed by atoms with Crippen molar-refractivity contribution in [3.8, 4) is 0 Å². The molecule has 0 saturated carbocycles. The topological polar surface area (TPSA) is 43.8 Å². The van der Waals surface area contributed by atoms with Crippen molar-refractivity contribution in [3.63, 3.8) is 0 Å². The molecule has 2 atom stereocenters. The lowest BCUT2D eigenvalue weighted by Crippen LogP contribution is -2.46. The van der Waals surface area contributed by atoms with Crippen molar-refractivity contribution in [2.45, 2.75) is 45.1 Å². The maximum atomic E-state index is 12.4. The second kappa shape index (κ2) is 6.53. The van der Waals surface area contributed by atoms with Crippen molar-refractivity contribution >= 4 is 5.91 Å². The van der Waals surface area contributed by atoms with Crippen LogP contribution in [0, 0.1) is 5.92 Å². The van der Waals surface area contributed by atoms with Crippen molar-refractivity contribution in [2.75, 3.05) is 32.8 Å². The molecule has 1 N–H and O–H groups in total. The second-order valence-corrected chi connectivity index (χ2v) is 5.75. The number of aliphatic hydroxyl groups excluding tert-OH is 1. The number of hydrogen-bond donors (Lipinski definition) is 1. The van der Waals surface area contributed by atoms with Crippen LogP contribution in [0.2, 0.25) is 0 Å². The van der Waals surface area contributed by atoms with Gasteiger partial charge in [0.2, 0.25) is 5.91 Å². The monoisotopic (exact) mass is 254 g/mol. The Hall–Kier alpha value is -0.610. The average Bonchev–Trinajstić information content (AvgIpc) is 2.71. The molecule has 2 heterocycles. The molecule has 0 aromatic carbocycles. The van der Waals surface area contributed by atoms with E-state index in [1.165, 1.54) is 25.7 Å². The molecule has 0 spiro atoms. The molecule has 2 saturated heterocycles. The summed E-state index contributed by atoms with van der Waals surface area (Å²) in [7, 11) is 0. The molecular weight excluding hydrogens is 228 g/mol. The van der Waals surface area contributed by atoms with Crippen LogP contribution in [0.15, 0.2) is 0 Å². The highest BCUT2D eigenvalue weighted by molar-refractivity contribution is 5.81. The van der Waals surface area contributed by atoms with Crippen molar-refractivity contribution in [1.82, 2.24) is 9.80 Å². The summed E-state index contributed by atoms with van der Waals surface area (Å²) in [6.45, 7) is 5.94. The third kappa shape index (κ3) is 3.23. The minimum atomic E-state index is 0.0144. The smallest absolute Gasteiger partial charge is 0.239 e. The lowest BCUT2D eigenvalue weighted by atomic mass is 10.1. The van der Waals surface area contributed by atoms with Gasteiger partial charge in [0.05, 0.1) is 6.04 Å². The van der Waals surface area contributed by atoms with Crippen LogP contribution in [0.5, 0.6) is 0 Å². The van der Waals surface area contributed by atoms with Gasteiger partial charge in [-0.1, -0.05) is 12.8 Å². The van der Waals surface area contributed by atoms with Crippen LogP contribution in [0.25, 0.3) is 0 Å². The van der Waals surface area contributed by atoms with Crippen LogP contribution in [-0.4, -0.2) is 59.6 Å². The SMILES string of the molecule is CC(C(=O)N1CCC(CO)C1)N1CCCCCC1. The Kier molecular flexibility index (Phi) is 5.01. The zero-order chi connectivity index (χ0) is 13.0. The van der Waals surface area contributed by atoms with E-state index in [4.69, 9.17) is 5.11 Å². The summed E-state index contributed by atoms with van der Waals surface area (Å²) >= 11 is 0. The van der Waals surface area contributed by atoms with Crippen LogP contribution in [-0.2, 0) is 4.79 Å². The molecule has 2 fully saturated rings. The molecule has 4 nitrogen and oxygen atoms in total. The van der Waals surface area contributed by atoms with Gasteiger partial charge in [0.1, 0.15) is 0 Å². The summed E-state index contributed by atoms with van der Waals surface area (Å²) in [5, 5.41) is 9.14. The van der Waals surface area contributed by atoms with Gasteiger partial charge in [0.15, 0.2) is 0 Å². The number of likely N-dealkylation sites (tertiary alicyclic amines) is 2. The van der Waals surface area contributed by atoms with Crippen LogP contribution in [0.3, 0.4) is 0 Å². The van der Waals surface area contributed by atoms with E-state index in [0.717, 1.165) is 32.6 Å². The predicted molar refractivity (Wildman–Crippen MR) is 71.3 cm³/mol. The Balaban J connectivity index is 1.87. The molecule has 0 radical (unpaired) electrons. The van der Waals surface area contributed by atoms with Crippen molar-refractivity contribution in [2.24, 2.45) is 5.92 Å². The zero-order valence-corrected chi connectivity index (χ0v) is 11.5. The highest BCUT2D eigenvalue weighted by Gasteiger charge is 2.31. The first-order valence-electron chi connectivity index (χ1n) is 7.36. The molecule has 104 valence electrons. The molecule has 0 aromatic rings. The van der Waals surface area contributed by atoms with Gasteiger partial charge >= 0.3 is 0 Å². The number of amides is 1. The Morgan fingerprint density at radius 1 is 1.22 bits per heavy atom. The summed E-state index contributed by atoms with van der Waals surface area (Å²) in [5.41, 5.74) is 0. The molecule has 2 unspecified atom stereocenters. The lowest BCUT2D eigenvalue weighted by Gasteiger charge is -2.30. The number of carbonyl (C=O) groups excluding carboxylic acids is 1. The fourth-order valence-corrected chi connectivity index (χ4v) is 3.08. The zero-order valence-electron chi connectivity index (χ0n) is 11.5. The molecule has 0 aromatic heterocycles. The molecule has 2 aliphatic rings. The van der Waals surface area contributed by atoms with Crippen LogP contribution >= 0.6 is 0 Å². The van der Waals surface area contributed by atoms with E-state index in [-0.39, 0.29) is 18.6 Å². The minimum Gasteiger partial charge on any atom is -0.396 e. The molecule has 2 aliphatic heterocycles.